The van der Waals surface area contributed by atoms with Crippen molar-refractivity contribution in [3.05, 3.63) is 45.6 Å². The Kier molecular flexibility index (Phi) is 6.34. The maximum absolute atomic E-state index is 13.2. The number of fused-ring (bicyclic) bond motifs is 2. The van der Waals surface area contributed by atoms with Crippen LogP contribution in [0.3, 0.4) is 0 Å². The van der Waals surface area contributed by atoms with Gasteiger partial charge in [-0.25, -0.2) is 8.42 Å². The highest BCUT2D eigenvalue weighted by molar-refractivity contribution is 7.92. The fourth-order valence-electron chi connectivity index (χ4n) is 5.21. The van der Waals surface area contributed by atoms with Gasteiger partial charge in [-0.3, -0.25) is 9.48 Å². The molecular weight excluding hydrogens is 422 g/mol. The van der Waals surface area contributed by atoms with Crippen LogP contribution in [0.5, 0.6) is 0 Å². The van der Waals surface area contributed by atoms with Crippen LogP contribution in [0.25, 0.3) is 0 Å². The Morgan fingerprint density at radius 1 is 1.03 bits per heavy atom. The summed E-state index contributed by atoms with van der Waals surface area (Å²) in [6.45, 7) is 5.99. The molecule has 32 heavy (non-hydrogen) atoms. The van der Waals surface area contributed by atoms with Crippen molar-refractivity contribution in [2.75, 3.05) is 19.8 Å². The maximum Gasteiger partial charge on any atom is 0.204 e. The molecule has 0 amide bonds. The zero-order chi connectivity index (χ0) is 23.2. The number of Topliss-reactive ketones (excluding diaryl/α,β-unsaturated/α-hetero) is 1. The third kappa shape index (κ3) is 4.29. The minimum absolute atomic E-state index is 0.00627. The summed E-state index contributed by atoms with van der Waals surface area (Å²) in [7, 11) is 0.108. The molecule has 0 saturated heterocycles. The summed E-state index contributed by atoms with van der Waals surface area (Å²) >= 11 is 0. The number of ketones is 1. The lowest BCUT2D eigenvalue weighted by Crippen LogP contribution is -2.21. The third-order valence-electron chi connectivity index (χ3n) is 7.08. The van der Waals surface area contributed by atoms with E-state index in [1.807, 2.05) is 39.8 Å². The minimum Gasteiger partial charge on any atom is -0.301 e. The molecule has 0 spiro atoms. The van der Waals surface area contributed by atoms with Crippen LogP contribution in [0, 0.1) is 0 Å². The number of aromatic nitrogens is 2. The molecule has 174 valence electrons. The molecule has 0 saturated carbocycles. The van der Waals surface area contributed by atoms with Crippen molar-refractivity contribution in [1.29, 1.82) is 0 Å². The molecule has 1 atom stereocenters. The molecule has 1 heterocycles. The van der Waals surface area contributed by atoms with E-state index in [9.17, 15) is 13.2 Å². The molecule has 0 fully saturated rings. The molecule has 0 N–H and O–H groups in total. The Morgan fingerprint density at radius 2 is 1.62 bits per heavy atom. The fourth-order valence-corrected chi connectivity index (χ4v) is 6.40. The predicted molar refractivity (Wildman–Crippen MR) is 126 cm³/mol. The van der Waals surface area contributed by atoms with E-state index in [2.05, 4.69) is 11.2 Å². The Balaban J connectivity index is 1.59. The predicted octanol–water partition coefficient (Wildman–Crippen LogP) is 3.65. The van der Waals surface area contributed by atoms with Crippen molar-refractivity contribution < 1.29 is 13.2 Å². The minimum atomic E-state index is -3.80. The SMILES string of the molecule is CC(c1cc(S(=O)(=O)CC(=O)Cc2c3c(cc4c2CCC4)CCC3)nn1C(C)C)N(C)C. The average molecular weight is 458 g/mol. The van der Waals surface area contributed by atoms with E-state index in [4.69, 9.17) is 0 Å². The van der Waals surface area contributed by atoms with E-state index >= 15 is 0 Å². The summed E-state index contributed by atoms with van der Waals surface area (Å²) in [6, 6.07) is 4.02. The maximum atomic E-state index is 13.2. The number of benzene rings is 1. The van der Waals surface area contributed by atoms with Crippen molar-refractivity contribution in [3.8, 4) is 0 Å². The topological polar surface area (TPSA) is 72.3 Å². The molecular formula is C25H35N3O3S. The van der Waals surface area contributed by atoms with Crippen LogP contribution in [0.2, 0.25) is 0 Å². The van der Waals surface area contributed by atoms with E-state index in [1.54, 1.807) is 10.7 Å². The quantitative estimate of drug-likeness (QED) is 0.605. The molecule has 2 aliphatic carbocycles. The number of rotatable bonds is 8. The van der Waals surface area contributed by atoms with Gasteiger partial charge in [0.05, 0.1) is 5.69 Å². The Hall–Kier alpha value is -1.99. The van der Waals surface area contributed by atoms with Crippen molar-refractivity contribution >= 4 is 15.6 Å². The highest BCUT2D eigenvalue weighted by Crippen LogP contribution is 2.35. The zero-order valence-electron chi connectivity index (χ0n) is 19.9. The van der Waals surface area contributed by atoms with Crippen LogP contribution in [0.4, 0.5) is 0 Å². The van der Waals surface area contributed by atoms with Gasteiger partial charge >= 0.3 is 0 Å². The lowest BCUT2D eigenvalue weighted by Gasteiger charge is -2.22. The molecule has 2 aliphatic rings. The van der Waals surface area contributed by atoms with Gasteiger partial charge in [0.25, 0.3) is 0 Å². The molecule has 6 nitrogen and oxygen atoms in total. The van der Waals surface area contributed by atoms with Crippen molar-refractivity contribution in [2.45, 2.75) is 82.8 Å². The molecule has 0 aliphatic heterocycles. The summed E-state index contributed by atoms with van der Waals surface area (Å²) in [6.07, 6.45) is 6.61. The van der Waals surface area contributed by atoms with Crippen LogP contribution >= 0.6 is 0 Å². The largest absolute Gasteiger partial charge is 0.301 e. The smallest absolute Gasteiger partial charge is 0.204 e. The van der Waals surface area contributed by atoms with Crippen LogP contribution in [-0.4, -0.2) is 48.7 Å². The van der Waals surface area contributed by atoms with E-state index in [-0.39, 0.29) is 29.3 Å². The van der Waals surface area contributed by atoms with Crippen molar-refractivity contribution in [3.63, 3.8) is 0 Å². The number of hydrogen-bond donors (Lipinski definition) is 0. The van der Waals surface area contributed by atoms with E-state index in [1.165, 1.54) is 22.3 Å². The van der Waals surface area contributed by atoms with Gasteiger partial charge in [-0.2, -0.15) is 5.10 Å². The Labute approximate surface area is 191 Å². The van der Waals surface area contributed by atoms with Crippen molar-refractivity contribution in [1.82, 2.24) is 14.7 Å². The second-order valence-corrected chi connectivity index (χ2v) is 11.8. The summed E-state index contributed by atoms with van der Waals surface area (Å²) in [5, 5.41) is 4.42. The van der Waals surface area contributed by atoms with Crippen LogP contribution in [-0.2, 0) is 46.7 Å². The molecule has 1 aromatic heterocycles. The van der Waals surface area contributed by atoms with Crippen molar-refractivity contribution in [2.24, 2.45) is 0 Å². The first kappa shape index (κ1) is 23.2. The molecule has 0 radical (unpaired) electrons. The number of carbonyl (C=O) groups excluding carboxylic acids is 1. The van der Waals surface area contributed by atoms with Gasteiger partial charge in [0.15, 0.2) is 10.8 Å². The summed E-state index contributed by atoms with van der Waals surface area (Å²) in [5.41, 5.74) is 7.32. The highest BCUT2D eigenvalue weighted by Gasteiger charge is 2.29. The summed E-state index contributed by atoms with van der Waals surface area (Å²) in [5.74, 6) is -0.725. The monoisotopic (exact) mass is 457 g/mol. The first-order valence-corrected chi connectivity index (χ1v) is 13.4. The van der Waals surface area contributed by atoms with Gasteiger partial charge in [0, 0.05) is 24.6 Å². The fraction of sp³-hybridized carbons (Fsp3) is 0.600. The van der Waals surface area contributed by atoms with Gasteiger partial charge in [0.1, 0.15) is 5.75 Å². The number of aryl methyl sites for hydroxylation is 2. The lowest BCUT2D eigenvalue weighted by molar-refractivity contribution is -0.116. The first-order valence-electron chi connectivity index (χ1n) is 11.7. The van der Waals surface area contributed by atoms with E-state index in [0.717, 1.165) is 49.8 Å². The normalized spacial score (nSPS) is 16.6. The highest BCUT2D eigenvalue weighted by atomic mass is 32.2. The van der Waals surface area contributed by atoms with Gasteiger partial charge in [-0.15, -0.1) is 0 Å². The van der Waals surface area contributed by atoms with Gasteiger partial charge in [0.2, 0.25) is 9.84 Å². The lowest BCUT2D eigenvalue weighted by atomic mass is 9.91. The Morgan fingerprint density at radius 3 is 2.16 bits per heavy atom. The summed E-state index contributed by atoms with van der Waals surface area (Å²) < 4.78 is 28.1. The second kappa shape index (κ2) is 8.75. The number of hydrogen-bond acceptors (Lipinski definition) is 5. The van der Waals surface area contributed by atoms with Crippen LogP contribution in [0.15, 0.2) is 17.2 Å². The van der Waals surface area contributed by atoms with Crippen LogP contribution < -0.4 is 0 Å². The third-order valence-corrected chi connectivity index (χ3v) is 8.61. The zero-order valence-corrected chi connectivity index (χ0v) is 20.8. The van der Waals surface area contributed by atoms with E-state index < -0.39 is 15.6 Å². The molecule has 4 rings (SSSR count). The molecule has 1 unspecified atom stereocenters. The molecule has 2 aromatic rings. The van der Waals surface area contributed by atoms with Gasteiger partial charge in [-0.05, 0) is 101 Å². The second-order valence-electron chi connectivity index (χ2n) is 9.90. The molecule has 1 aromatic carbocycles. The van der Waals surface area contributed by atoms with Gasteiger partial charge < -0.3 is 4.90 Å². The summed E-state index contributed by atoms with van der Waals surface area (Å²) in [4.78, 5) is 15.1. The number of carbonyl (C=O) groups is 1. The number of nitrogens with zero attached hydrogens (tertiary/aromatic N) is 3. The molecule has 0 bridgehead atoms. The van der Waals surface area contributed by atoms with E-state index in [0.29, 0.717) is 0 Å². The van der Waals surface area contributed by atoms with Crippen LogP contribution in [0.1, 0.15) is 79.2 Å². The average Bonchev–Trinajstić information content (AvgIpc) is 3.45. The Bertz CT molecular complexity index is 1110. The van der Waals surface area contributed by atoms with Gasteiger partial charge in [-0.1, -0.05) is 6.07 Å². The number of sulfone groups is 1. The first-order chi connectivity index (χ1) is 15.1. The molecule has 7 heteroatoms. The standard InChI is InChI=1S/C25H35N3O3S/c1-16(2)28-24(17(3)27(4)5)14-25(26-28)32(30,31)15-20(29)13-23-21-10-6-8-18(21)12-19-9-7-11-22(19)23/h12,14,16-17H,6-11,13,15H2,1-5H3.